The number of nitrogens with two attached hydrogens (primary N) is 2. The molecule has 1 aromatic rings. The first-order valence-corrected chi connectivity index (χ1v) is 6.87. The SMILES string of the molecule is Cc1cc(S(=O)(=O)NCCC(N)=O)cc(N)c1C. The van der Waals surface area contributed by atoms with Gasteiger partial charge < -0.3 is 11.5 Å². The van der Waals surface area contributed by atoms with Crippen LogP contribution in [0.5, 0.6) is 0 Å². The Kier molecular flexibility index (Phi) is 4.31. The minimum atomic E-state index is -3.66. The van der Waals surface area contributed by atoms with E-state index in [9.17, 15) is 13.2 Å². The predicted molar refractivity (Wildman–Crippen MR) is 69.3 cm³/mol. The molecule has 0 atom stereocenters. The zero-order chi connectivity index (χ0) is 13.9. The number of sulfonamides is 1. The van der Waals surface area contributed by atoms with E-state index in [-0.39, 0.29) is 17.9 Å². The first-order valence-electron chi connectivity index (χ1n) is 5.38. The monoisotopic (exact) mass is 271 g/mol. The number of carbonyl (C=O) groups excluding carboxylic acids is 1. The third-order valence-corrected chi connectivity index (χ3v) is 4.10. The van der Waals surface area contributed by atoms with E-state index < -0.39 is 15.9 Å². The van der Waals surface area contributed by atoms with Crippen molar-refractivity contribution in [3.63, 3.8) is 0 Å². The van der Waals surface area contributed by atoms with Gasteiger partial charge in [0.1, 0.15) is 0 Å². The normalized spacial score (nSPS) is 11.4. The van der Waals surface area contributed by atoms with Crippen molar-refractivity contribution in [1.29, 1.82) is 0 Å². The highest BCUT2D eigenvalue weighted by Gasteiger charge is 2.15. The smallest absolute Gasteiger partial charge is 0.240 e. The van der Waals surface area contributed by atoms with Gasteiger partial charge in [0.15, 0.2) is 0 Å². The quantitative estimate of drug-likeness (QED) is 0.656. The van der Waals surface area contributed by atoms with Crippen LogP contribution in [0, 0.1) is 13.8 Å². The molecular formula is C11H17N3O3S. The second kappa shape index (κ2) is 5.36. The summed E-state index contributed by atoms with van der Waals surface area (Å²) in [5, 5.41) is 0. The van der Waals surface area contributed by atoms with Crippen LogP contribution in [0.15, 0.2) is 17.0 Å². The third-order valence-electron chi connectivity index (χ3n) is 2.65. The summed E-state index contributed by atoms with van der Waals surface area (Å²) in [5.74, 6) is -0.558. The van der Waals surface area contributed by atoms with Crippen molar-refractivity contribution in [2.75, 3.05) is 12.3 Å². The summed E-state index contributed by atoms with van der Waals surface area (Å²) < 4.78 is 26.1. The van der Waals surface area contributed by atoms with Crippen molar-refractivity contribution in [2.45, 2.75) is 25.2 Å². The molecule has 100 valence electrons. The van der Waals surface area contributed by atoms with Crippen LogP contribution in [0.1, 0.15) is 17.5 Å². The Morgan fingerprint density at radius 2 is 1.94 bits per heavy atom. The minimum Gasteiger partial charge on any atom is -0.398 e. The van der Waals surface area contributed by atoms with Crippen molar-refractivity contribution in [3.05, 3.63) is 23.3 Å². The summed E-state index contributed by atoms with van der Waals surface area (Å²) in [6.45, 7) is 3.58. The highest BCUT2D eigenvalue weighted by atomic mass is 32.2. The molecule has 0 heterocycles. The number of hydrogen-bond donors (Lipinski definition) is 3. The first-order chi connectivity index (χ1) is 8.24. The van der Waals surface area contributed by atoms with E-state index in [1.165, 1.54) is 12.1 Å². The fraction of sp³-hybridized carbons (Fsp3) is 0.364. The number of nitrogens with one attached hydrogen (secondary N) is 1. The Labute approximate surface area is 106 Å². The van der Waals surface area contributed by atoms with E-state index in [0.29, 0.717) is 5.69 Å². The minimum absolute atomic E-state index is 0.0233. The molecule has 0 aromatic heterocycles. The number of carbonyl (C=O) groups is 1. The zero-order valence-corrected chi connectivity index (χ0v) is 11.2. The van der Waals surface area contributed by atoms with Crippen molar-refractivity contribution >= 4 is 21.6 Å². The average Bonchev–Trinajstić information content (AvgIpc) is 2.24. The van der Waals surface area contributed by atoms with E-state index in [0.717, 1.165) is 11.1 Å². The first kappa shape index (κ1) is 14.5. The number of hydrogen-bond acceptors (Lipinski definition) is 4. The molecule has 0 radical (unpaired) electrons. The number of aryl methyl sites for hydroxylation is 1. The molecule has 0 saturated carbocycles. The van der Waals surface area contributed by atoms with Gasteiger partial charge in [0, 0.05) is 18.7 Å². The maximum atomic E-state index is 11.9. The second-order valence-electron chi connectivity index (χ2n) is 4.07. The molecule has 0 bridgehead atoms. The second-order valence-corrected chi connectivity index (χ2v) is 5.84. The molecule has 0 saturated heterocycles. The molecule has 0 aliphatic carbocycles. The molecule has 7 heteroatoms. The summed E-state index contributed by atoms with van der Waals surface area (Å²) in [5.41, 5.74) is 12.7. The lowest BCUT2D eigenvalue weighted by atomic mass is 10.1. The largest absolute Gasteiger partial charge is 0.398 e. The number of amides is 1. The van der Waals surface area contributed by atoms with E-state index in [4.69, 9.17) is 11.5 Å². The van der Waals surface area contributed by atoms with Crippen LogP contribution < -0.4 is 16.2 Å². The zero-order valence-electron chi connectivity index (χ0n) is 10.4. The molecule has 5 N–H and O–H groups in total. The van der Waals surface area contributed by atoms with Gasteiger partial charge in [-0.2, -0.15) is 0 Å². The summed E-state index contributed by atoms with van der Waals surface area (Å²) in [6.07, 6.45) is -0.0421. The maximum Gasteiger partial charge on any atom is 0.240 e. The molecule has 6 nitrogen and oxygen atoms in total. The summed E-state index contributed by atoms with van der Waals surface area (Å²) >= 11 is 0. The van der Waals surface area contributed by atoms with Crippen LogP contribution in [0.25, 0.3) is 0 Å². The Balaban J connectivity index is 2.95. The van der Waals surface area contributed by atoms with Crippen LogP contribution in [-0.4, -0.2) is 20.9 Å². The van der Waals surface area contributed by atoms with Crippen LogP contribution in [0.3, 0.4) is 0 Å². The van der Waals surface area contributed by atoms with E-state index in [2.05, 4.69) is 4.72 Å². The number of benzene rings is 1. The lowest BCUT2D eigenvalue weighted by molar-refractivity contribution is -0.117. The lowest BCUT2D eigenvalue weighted by Gasteiger charge is -2.10. The molecule has 0 aliphatic rings. The van der Waals surface area contributed by atoms with Crippen LogP contribution in [-0.2, 0) is 14.8 Å². The predicted octanol–water partition coefficient (Wildman–Crippen LogP) is 0.0393. The van der Waals surface area contributed by atoms with Crippen molar-refractivity contribution in [3.8, 4) is 0 Å². The Morgan fingerprint density at radius 3 is 2.44 bits per heavy atom. The molecule has 1 rings (SSSR count). The van der Waals surface area contributed by atoms with Gasteiger partial charge in [-0.25, -0.2) is 13.1 Å². The van der Waals surface area contributed by atoms with Gasteiger partial charge in [-0.05, 0) is 37.1 Å². The van der Waals surface area contributed by atoms with E-state index in [1.54, 1.807) is 6.92 Å². The summed E-state index contributed by atoms with van der Waals surface area (Å²) in [4.78, 5) is 10.6. The van der Waals surface area contributed by atoms with Crippen LogP contribution >= 0.6 is 0 Å². The average molecular weight is 271 g/mol. The van der Waals surface area contributed by atoms with Crippen LogP contribution in [0.2, 0.25) is 0 Å². The highest BCUT2D eigenvalue weighted by molar-refractivity contribution is 7.89. The van der Waals surface area contributed by atoms with Gasteiger partial charge in [0.2, 0.25) is 15.9 Å². The van der Waals surface area contributed by atoms with Gasteiger partial charge in [-0.15, -0.1) is 0 Å². The lowest BCUT2D eigenvalue weighted by Crippen LogP contribution is -2.28. The fourth-order valence-electron chi connectivity index (χ4n) is 1.40. The number of rotatable bonds is 5. The van der Waals surface area contributed by atoms with Gasteiger partial charge in [-0.3, -0.25) is 4.79 Å². The van der Waals surface area contributed by atoms with Crippen molar-refractivity contribution in [2.24, 2.45) is 5.73 Å². The molecule has 1 aromatic carbocycles. The van der Waals surface area contributed by atoms with Gasteiger partial charge in [-0.1, -0.05) is 0 Å². The van der Waals surface area contributed by atoms with Gasteiger partial charge in [0.05, 0.1) is 4.90 Å². The topological polar surface area (TPSA) is 115 Å². The Hall–Kier alpha value is -1.60. The Bertz CT molecular complexity index is 544. The highest BCUT2D eigenvalue weighted by Crippen LogP contribution is 2.21. The van der Waals surface area contributed by atoms with Gasteiger partial charge >= 0.3 is 0 Å². The molecule has 0 fully saturated rings. The van der Waals surface area contributed by atoms with E-state index in [1.807, 2.05) is 6.92 Å². The van der Waals surface area contributed by atoms with Gasteiger partial charge in [0.25, 0.3) is 0 Å². The number of anilines is 1. The van der Waals surface area contributed by atoms with Crippen molar-refractivity contribution < 1.29 is 13.2 Å². The maximum absolute atomic E-state index is 11.9. The molecule has 0 unspecified atom stereocenters. The molecular weight excluding hydrogens is 254 g/mol. The Morgan fingerprint density at radius 1 is 1.33 bits per heavy atom. The van der Waals surface area contributed by atoms with E-state index >= 15 is 0 Å². The number of primary amides is 1. The molecule has 1 amide bonds. The molecule has 0 aliphatic heterocycles. The summed E-state index contributed by atoms with van der Waals surface area (Å²) in [6, 6.07) is 2.94. The van der Waals surface area contributed by atoms with Crippen molar-refractivity contribution in [1.82, 2.24) is 4.72 Å². The fourth-order valence-corrected chi connectivity index (χ4v) is 2.55. The van der Waals surface area contributed by atoms with Crippen LogP contribution in [0.4, 0.5) is 5.69 Å². The third kappa shape index (κ3) is 3.44. The number of nitrogen functional groups attached to an aromatic ring is 1. The summed E-state index contributed by atoms with van der Waals surface area (Å²) in [7, 11) is -3.66. The molecule has 18 heavy (non-hydrogen) atoms. The molecule has 0 spiro atoms. The standard InChI is InChI=1S/C11H17N3O3S/c1-7-5-9(6-10(12)8(7)2)18(16,17)14-4-3-11(13)15/h5-6,14H,3-4,12H2,1-2H3,(H2,13,15).